The first-order chi connectivity index (χ1) is 20.9. The fourth-order valence-corrected chi connectivity index (χ4v) is 5.18. The Morgan fingerprint density at radius 1 is 0.442 bits per heavy atom. The van der Waals surface area contributed by atoms with Crippen molar-refractivity contribution < 1.29 is 24.8 Å². The summed E-state index contributed by atoms with van der Waals surface area (Å²) in [7, 11) is 0. The van der Waals surface area contributed by atoms with Gasteiger partial charge in [0.05, 0.1) is 0 Å². The lowest BCUT2D eigenvalue weighted by Crippen LogP contribution is -1.95. The van der Waals surface area contributed by atoms with Crippen LogP contribution in [0.15, 0.2) is 127 Å². The first kappa shape index (κ1) is 27.5. The molecule has 0 aliphatic rings. The summed E-state index contributed by atoms with van der Waals surface area (Å²) in [6.07, 6.45) is 0. The van der Waals surface area contributed by atoms with Crippen molar-refractivity contribution in [2.24, 2.45) is 0 Å². The minimum Gasteiger partial charge on any atom is -0.508 e. The molecule has 0 aliphatic heterocycles. The minimum atomic E-state index is -0.0928. The number of ether oxygens (including phenoxy) is 2. The van der Waals surface area contributed by atoms with Gasteiger partial charge in [-0.3, -0.25) is 0 Å². The summed E-state index contributed by atoms with van der Waals surface area (Å²) in [6, 6.07) is 38.6. The van der Waals surface area contributed by atoms with Crippen molar-refractivity contribution in [3.63, 3.8) is 0 Å². The van der Waals surface area contributed by atoms with Crippen LogP contribution in [0.2, 0.25) is 0 Å². The van der Waals surface area contributed by atoms with E-state index in [9.17, 15) is 15.3 Å². The molecule has 0 aliphatic carbocycles. The predicted molar refractivity (Wildman–Crippen MR) is 170 cm³/mol. The van der Waals surface area contributed by atoms with Crippen LogP contribution in [0.1, 0.15) is 11.1 Å². The van der Waals surface area contributed by atoms with Crippen molar-refractivity contribution in [2.45, 2.75) is 13.8 Å². The summed E-state index contributed by atoms with van der Waals surface area (Å²) in [6.45, 7) is 3.95. The van der Waals surface area contributed by atoms with Crippen LogP contribution in [0.3, 0.4) is 0 Å². The molecule has 0 atom stereocenters. The monoisotopic (exact) mass is 566 g/mol. The molecule has 0 saturated carbocycles. The Hall–Kier alpha value is -5.68. The van der Waals surface area contributed by atoms with E-state index in [4.69, 9.17) is 9.47 Å². The summed E-state index contributed by atoms with van der Waals surface area (Å²) < 4.78 is 12.9. The van der Waals surface area contributed by atoms with Crippen molar-refractivity contribution in [2.75, 3.05) is 0 Å². The topological polar surface area (TPSA) is 79.2 Å². The molecule has 6 aromatic rings. The molecule has 0 fully saturated rings. The van der Waals surface area contributed by atoms with Gasteiger partial charge in [-0.2, -0.15) is 0 Å². The van der Waals surface area contributed by atoms with E-state index < -0.39 is 0 Å². The van der Waals surface area contributed by atoms with E-state index in [1.54, 1.807) is 24.3 Å². The summed E-state index contributed by atoms with van der Waals surface area (Å²) in [5.74, 6) is 2.04. The number of para-hydroxylation sites is 2. The number of aromatic hydroxyl groups is 3. The Morgan fingerprint density at radius 3 is 1.53 bits per heavy atom. The summed E-state index contributed by atoms with van der Waals surface area (Å²) in [4.78, 5) is 0. The molecular formula is C38H30O5. The zero-order valence-electron chi connectivity index (χ0n) is 23.8. The Balaban J connectivity index is 1.44. The van der Waals surface area contributed by atoms with Gasteiger partial charge in [0.2, 0.25) is 0 Å². The predicted octanol–water partition coefficient (Wildman–Crippen LogP) is 10.0. The second kappa shape index (κ2) is 11.7. The van der Waals surface area contributed by atoms with Gasteiger partial charge in [0.1, 0.15) is 28.7 Å². The molecule has 5 heteroatoms. The lowest BCUT2D eigenvalue weighted by Gasteiger charge is -2.19. The largest absolute Gasteiger partial charge is 0.508 e. The van der Waals surface area contributed by atoms with Crippen LogP contribution in [0.25, 0.3) is 33.4 Å². The van der Waals surface area contributed by atoms with E-state index in [2.05, 4.69) is 0 Å². The highest BCUT2D eigenvalue weighted by Crippen LogP contribution is 2.47. The van der Waals surface area contributed by atoms with E-state index in [0.29, 0.717) is 22.8 Å². The van der Waals surface area contributed by atoms with Crippen LogP contribution in [0.4, 0.5) is 0 Å². The fraction of sp³-hybridized carbons (Fsp3) is 0.0526. The lowest BCUT2D eigenvalue weighted by atomic mass is 9.99. The van der Waals surface area contributed by atoms with Crippen LogP contribution in [0.5, 0.6) is 40.2 Å². The first-order valence-electron chi connectivity index (χ1n) is 13.9. The standard InChI is InChI=1S/C38H30O5/c1-24-16-18-27(39)20-32(24)30-12-6-8-14-36(30)42-29-22-34(26-10-4-3-5-11-26)38(35(41)23-29)43-37-15-9-7-13-31(37)33-21-28(40)19-17-25(33)2/h3-23,39-41H,1-2H3. The average molecular weight is 567 g/mol. The van der Waals surface area contributed by atoms with Gasteiger partial charge >= 0.3 is 0 Å². The number of phenols is 3. The van der Waals surface area contributed by atoms with Gasteiger partial charge in [0.25, 0.3) is 0 Å². The van der Waals surface area contributed by atoms with Crippen molar-refractivity contribution in [1.29, 1.82) is 0 Å². The zero-order chi connectivity index (χ0) is 29.9. The van der Waals surface area contributed by atoms with Gasteiger partial charge in [-0.25, -0.2) is 0 Å². The summed E-state index contributed by atoms with van der Waals surface area (Å²) in [5.41, 5.74) is 6.72. The van der Waals surface area contributed by atoms with Crippen molar-refractivity contribution in [1.82, 2.24) is 0 Å². The van der Waals surface area contributed by atoms with Gasteiger partial charge in [-0.15, -0.1) is 0 Å². The van der Waals surface area contributed by atoms with E-state index >= 15 is 0 Å². The molecule has 0 radical (unpaired) electrons. The maximum absolute atomic E-state index is 11.4. The third kappa shape index (κ3) is 5.74. The lowest BCUT2D eigenvalue weighted by molar-refractivity contribution is 0.407. The van der Waals surface area contributed by atoms with Gasteiger partial charge < -0.3 is 24.8 Å². The molecule has 6 aromatic carbocycles. The van der Waals surface area contributed by atoms with E-state index in [1.165, 1.54) is 6.07 Å². The highest BCUT2D eigenvalue weighted by atomic mass is 16.5. The van der Waals surface area contributed by atoms with Crippen LogP contribution >= 0.6 is 0 Å². The third-order valence-electron chi connectivity index (χ3n) is 7.36. The zero-order valence-corrected chi connectivity index (χ0v) is 23.8. The smallest absolute Gasteiger partial charge is 0.177 e. The van der Waals surface area contributed by atoms with Crippen LogP contribution in [-0.4, -0.2) is 15.3 Å². The van der Waals surface area contributed by atoms with E-state index in [-0.39, 0.29) is 23.0 Å². The average Bonchev–Trinajstić information content (AvgIpc) is 3.02. The molecule has 0 amide bonds. The van der Waals surface area contributed by atoms with Crippen LogP contribution in [-0.2, 0) is 0 Å². The van der Waals surface area contributed by atoms with Gasteiger partial charge in [0, 0.05) is 22.8 Å². The van der Waals surface area contributed by atoms with E-state index in [1.807, 2.05) is 111 Å². The Bertz CT molecular complexity index is 1930. The normalized spacial score (nSPS) is 10.8. The molecule has 0 bridgehead atoms. The maximum Gasteiger partial charge on any atom is 0.177 e. The van der Waals surface area contributed by atoms with Crippen molar-refractivity contribution >= 4 is 0 Å². The Kier molecular flexibility index (Phi) is 7.46. The second-order valence-corrected chi connectivity index (χ2v) is 10.4. The highest BCUT2D eigenvalue weighted by Gasteiger charge is 2.19. The Morgan fingerprint density at radius 2 is 0.953 bits per heavy atom. The number of hydrogen-bond acceptors (Lipinski definition) is 5. The molecule has 0 unspecified atom stereocenters. The minimum absolute atomic E-state index is 0.0928. The molecule has 0 spiro atoms. The van der Waals surface area contributed by atoms with Crippen LogP contribution in [0, 0.1) is 13.8 Å². The van der Waals surface area contributed by atoms with E-state index in [0.717, 1.165) is 38.9 Å². The maximum atomic E-state index is 11.4. The molecule has 0 aromatic heterocycles. The number of benzene rings is 6. The summed E-state index contributed by atoms with van der Waals surface area (Å²) >= 11 is 0. The fourth-order valence-electron chi connectivity index (χ4n) is 5.18. The molecule has 43 heavy (non-hydrogen) atoms. The molecular weight excluding hydrogens is 536 g/mol. The van der Waals surface area contributed by atoms with Crippen molar-refractivity contribution in [3.8, 4) is 73.6 Å². The van der Waals surface area contributed by atoms with Crippen molar-refractivity contribution in [3.05, 3.63) is 139 Å². The molecule has 5 nitrogen and oxygen atoms in total. The summed E-state index contributed by atoms with van der Waals surface area (Å²) in [5, 5.41) is 31.8. The van der Waals surface area contributed by atoms with Crippen LogP contribution < -0.4 is 9.47 Å². The number of rotatable bonds is 7. The molecule has 0 heterocycles. The second-order valence-electron chi connectivity index (χ2n) is 10.4. The van der Waals surface area contributed by atoms with Gasteiger partial charge in [0.15, 0.2) is 11.5 Å². The number of aryl methyl sites for hydroxylation is 2. The number of phenolic OH excluding ortho intramolecular Hbond substituents is 3. The molecule has 0 saturated heterocycles. The number of hydrogen-bond donors (Lipinski definition) is 3. The quantitative estimate of drug-likeness (QED) is 0.179. The molecule has 212 valence electrons. The highest BCUT2D eigenvalue weighted by molar-refractivity contribution is 5.80. The SMILES string of the molecule is Cc1ccc(O)cc1-c1ccccc1Oc1cc(O)c(Oc2ccccc2-c2cc(O)ccc2C)c(-c2ccccc2)c1. The Labute approximate surface area is 250 Å². The van der Waals surface area contributed by atoms with Gasteiger partial charge in [-0.05, 0) is 84.1 Å². The molecule has 3 N–H and O–H groups in total. The molecule has 6 rings (SSSR count). The first-order valence-corrected chi connectivity index (χ1v) is 13.9. The van der Waals surface area contributed by atoms with Gasteiger partial charge in [-0.1, -0.05) is 78.9 Å². The third-order valence-corrected chi connectivity index (χ3v) is 7.36.